The van der Waals surface area contributed by atoms with Crippen LogP contribution in [0.2, 0.25) is 5.02 Å². The highest BCUT2D eigenvalue weighted by Gasteiger charge is 2.36. The zero-order chi connectivity index (χ0) is 31.4. The Labute approximate surface area is 254 Å². The van der Waals surface area contributed by atoms with E-state index in [1.54, 1.807) is 47.1 Å². The number of aromatic nitrogens is 2. The molecule has 1 aliphatic rings. The average Bonchev–Trinajstić information content (AvgIpc) is 3.28. The number of piperidine rings is 1. The predicted molar refractivity (Wildman–Crippen MR) is 163 cm³/mol. The van der Waals surface area contributed by atoms with Gasteiger partial charge in [0, 0.05) is 70.9 Å². The SMILES string of the molecule is COC(C)CN(C)C(=O)c1nn(S(=O)(=O)N(C)C)c(N2CCC[C@@H](NC(=O)OC(C)(C)C)C2)c1Cc1ccccc1Cl. The van der Waals surface area contributed by atoms with E-state index < -0.39 is 27.8 Å². The maximum Gasteiger partial charge on any atom is 0.407 e. The first-order valence-corrected chi connectivity index (χ1v) is 15.6. The van der Waals surface area contributed by atoms with Gasteiger partial charge in [-0.3, -0.25) is 4.79 Å². The van der Waals surface area contributed by atoms with E-state index in [9.17, 15) is 18.0 Å². The minimum absolute atomic E-state index is 0.00312. The van der Waals surface area contributed by atoms with E-state index in [1.807, 2.05) is 24.0 Å². The van der Waals surface area contributed by atoms with Gasteiger partial charge in [-0.25, -0.2) is 4.79 Å². The number of rotatable bonds is 10. The molecule has 1 N–H and O–H groups in total. The van der Waals surface area contributed by atoms with E-state index >= 15 is 0 Å². The summed E-state index contributed by atoms with van der Waals surface area (Å²) >= 11 is 6.53. The van der Waals surface area contributed by atoms with Gasteiger partial charge in [0.2, 0.25) is 0 Å². The number of methoxy groups -OCH3 is 1. The van der Waals surface area contributed by atoms with Gasteiger partial charge in [-0.2, -0.15) is 12.7 Å². The lowest BCUT2D eigenvalue weighted by molar-refractivity contribution is 0.0499. The van der Waals surface area contributed by atoms with Crippen molar-refractivity contribution in [3.63, 3.8) is 0 Å². The number of nitrogens with one attached hydrogen (secondary N) is 1. The number of halogens is 1. The van der Waals surface area contributed by atoms with Crippen molar-refractivity contribution in [2.24, 2.45) is 0 Å². The van der Waals surface area contributed by atoms with Gasteiger partial charge >= 0.3 is 16.3 Å². The van der Waals surface area contributed by atoms with Gasteiger partial charge in [-0.05, 0) is 52.2 Å². The Hall–Kier alpha value is -2.87. The molecule has 0 aliphatic carbocycles. The largest absolute Gasteiger partial charge is 0.444 e. The third-order valence-electron chi connectivity index (χ3n) is 6.86. The van der Waals surface area contributed by atoms with Crippen LogP contribution in [-0.2, 0) is 26.1 Å². The maximum atomic E-state index is 13.8. The van der Waals surface area contributed by atoms with E-state index in [-0.39, 0.29) is 43.2 Å². The highest BCUT2D eigenvalue weighted by atomic mass is 35.5. The molecule has 0 radical (unpaired) electrons. The third-order valence-corrected chi connectivity index (χ3v) is 8.84. The normalized spacial score (nSPS) is 16.8. The van der Waals surface area contributed by atoms with E-state index in [1.165, 1.54) is 19.0 Å². The van der Waals surface area contributed by atoms with Crippen molar-refractivity contribution in [3.8, 4) is 0 Å². The minimum atomic E-state index is -4.16. The molecule has 0 bridgehead atoms. The summed E-state index contributed by atoms with van der Waals surface area (Å²) in [6, 6.07) is 6.88. The van der Waals surface area contributed by atoms with Crippen molar-refractivity contribution < 1.29 is 27.5 Å². The van der Waals surface area contributed by atoms with Crippen LogP contribution < -0.4 is 10.2 Å². The lowest BCUT2D eigenvalue weighted by Gasteiger charge is -2.35. The summed E-state index contributed by atoms with van der Waals surface area (Å²) in [5.74, 6) is -0.189. The zero-order valence-electron chi connectivity index (χ0n) is 25.7. The molecule has 3 rings (SSSR count). The summed E-state index contributed by atoms with van der Waals surface area (Å²) in [4.78, 5) is 29.7. The van der Waals surface area contributed by atoms with Gasteiger partial charge in [-0.15, -0.1) is 9.19 Å². The number of hydrogen-bond acceptors (Lipinski definition) is 8. The molecule has 2 heterocycles. The van der Waals surface area contributed by atoms with Crippen LogP contribution in [0, 0.1) is 0 Å². The first-order valence-electron chi connectivity index (χ1n) is 13.9. The molecule has 1 aromatic heterocycles. The molecule has 0 spiro atoms. The number of carbonyl (C=O) groups is 2. The van der Waals surface area contributed by atoms with Gasteiger partial charge < -0.3 is 24.6 Å². The number of benzene rings is 1. The molecular formula is C28H43ClN6O6S. The summed E-state index contributed by atoms with van der Waals surface area (Å²) in [6.07, 6.45) is 0.693. The zero-order valence-corrected chi connectivity index (χ0v) is 27.3. The van der Waals surface area contributed by atoms with Crippen LogP contribution in [0.15, 0.2) is 24.3 Å². The Bertz CT molecular complexity index is 1370. The lowest BCUT2D eigenvalue weighted by atomic mass is 10.0. The van der Waals surface area contributed by atoms with Crippen molar-refractivity contribution in [3.05, 3.63) is 46.1 Å². The monoisotopic (exact) mass is 626 g/mol. The Morgan fingerprint density at radius 1 is 1.21 bits per heavy atom. The summed E-state index contributed by atoms with van der Waals surface area (Å²) in [5, 5.41) is 7.84. The molecule has 1 unspecified atom stereocenters. The molecule has 12 nitrogen and oxygen atoms in total. The smallest absolute Gasteiger partial charge is 0.407 e. The maximum absolute atomic E-state index is 13.8. The number of alkyl carbamates (subject to hydrolysis) is 1. The number of anilines is 1. The number of amides is 2. The van der Waals surface area contributed by atoms with Crippen LogP contribution in [0.5, 0.6) is 0 Å². The topological polar surface area (TPSA) is 126 Å². The molecular weight excluding hydrogens is 584 g/mol. The summed E-state index contributed by atoms with van der Waals surface area (Å²) in [5.41, 5.74) is 0.474. The quantitative estimate of drug-likeness (QED) is 0.425. The van der Waals surface area contributed by atoms with Gasteiger partial charge in [-0.1, -0.05) is 29.8 Å². The number of nitrogens with zero attached hydrogens (tertiary/aromatic N) is 5. The van der Waals surface area contributed by atoms with Gasteiger partial charge in [0.1, 0.15) is 11.4 Å². The minimum Gasteiger partial charge on any atom is -0.444 e. The number of likely N-dealkylation sites (N-methyl/N-ethyl adjacent to an activating group) is 1. The summed E-state index contributed by atoms with van der Waals surface area (Å²) in [7, 11) is 1.84. The molecule has 2 amide bonds. The molecule has 1 saturated heterocycles. The second kappa shape index (κ2) is 13.6. The molecule has 1 aromatic carbocycles. The van der Waals surface area contributed by atoms with Crippen molar-refractivity contribution >= 4 is 39.6 Å². The van der Waals surface area contributed by atoms with Crippen LogP contribution in [0.1, 0.15) is 62.2 Å². The van der Waals surface area contributed by atoms with Crippen LogP contribution in [0.4, 0.5) is 10.6 Å². The van der Waals surface area contributed by atoms with Crippen molar-refractivity contribution in [1.29, 1.82) is 0 Å². The van der Waals surface area contributed by atoms with Crippen molar-refractivity contribution in [1.82, 2.24) is 23.7 Å². The fourth-order valence-corrected chi connectivity index (χ4v) is 5.84. The number of hydrogen-bond donors (Lipinski definition) is 1. The summed E-state index contributed by atoms with van der Waals surface area (Å²) < 4.78 is 40.1. The Balaban J connectivity index is 2.16. The van der Waals surface area contributed by atoms with E-state index in [4.69, 9.17) is 21.1 Å². The average molecular weight is 627 g/mol. The fourth-order valence-electron chi connectivity index (χ4n) is 4.70. The first kappa shape index (κ1) is 33.6. The predicted octanol–water partition coefficient (Wildman–Crippen LogP) is 3.38. The Morgan fingerprint density at radius 3 is 2.48 bits per heavy atom. The number of carbonyl (C=O) groups excluding carboxylic acids is 2. The Kier molecular flexibility index (Phi) is 10.9. The van der Waals surface area contributed by atoms with Crippen LogP contribution in [0.25, 0.3) is 0 Å². The van der Waals surface area contributed by atoms with Gasteiger partial charge in [0.05, 0.1) is 6.10 Å². The van der Waals surface area contributed by atoms with Crippen LogP contribution in [-0.4, -0.2) is 104 Å². The molecule has 14 heteroatoms. The second-order valence-electron chi connectivity index (χ2n) is 11.7. The van der Waals surface area contributed by atoms with Gasteiger partial charge in [0.25, 0.3) is 5.91 Å². The number of ether oxygens (including phenoxy) is 2. The molecule has 42 heavy (non-hydrogen) atoms. The molecule has 1 aliphatic heterocycles. The highest BCUT2D eigenvalue weighted by Crippen LogP contribution is 2.33. The molecule has 0 saturated carbocycles. The first-order chi connectivity index (χ1) is 19.5. The lowest BCUT2D eigenvalue weighted by Crippen LogP contribution is -2.50. The third kappa shape index (κ3) is 8.15. The van der Waals surface area contributed by atoms with E-state index in [0.717, 1.165) is 8.39 Å². The van der Waals surface area contributed by atoms with E-state index in [0.29, 0.717) is 35.5 Å². The fraction of sp³-hybridized carbons (Fsp3) is 0.607. The molecule has 2 atom stereocenters. The summed E-state index contributed by atoms with van der Waals surface area (Å²) in [6.45, 7) is 8.24. The van der Waals surface area contributed by atoms with E-state index in [2.05, 4.69) is 10.4 Å². The molecule has 1 fully saturated rings. The standard InChI is InChI=1S/C28H43ClN6O6S/c1-19(40-8)17-33(7)26(36)24-22(16-20-12-9-10-14-23(20)29)25(35(31-24)42(38,39)32(5)6)34-15-11-13-21(18-34)30-27(37)41-28(2,3)4/h9-10,12,14,19,21H,11,13,15-18H2,1-8H3,(H,30,37)/t19?,21-/m1/s1. The second-order valence-corrected chi connectivity index (χ2v) is 14.1. The van der Waals surface area contributed by atoms with Crippen molar-refractivity contribution in [2.45, 2.75) is 64.7 Å². The Morgan fingerprint density at radius 2 is 1.88 bits per heavy atom. The molecule has 2 aromatic rings. The highest BCUT2D eigenvalue weighted by molar-refractivity contribution is 7.87. The molecule has 234 valence electrons. The van der Waals surface area contributed by atoms with Gasteiger partial charge in [0.15, 0.2) is 5.69 Å². The van der Waals surface area contributed by atoms with Crippen molar-refractivity contribution in [2.75, 3.05) is 52.8 Å². The van der Waals surface area contributed by atoms with Crippen LogP contribution in [0.3, 0.4) is 0 Å². The van der Waals surface area contributed by atoms with Crippen LogP contribution >= 0.6 is 11.6 Å².